The van der Waals surface area contributed by atoms with Crippen molar-refractivity contribution >= 4 is 39.7 Å². The summed E-state index contributed by atoms with van der Waals surface area (Å²) in [5.74, 6) is 0. The monoisotopic (exact) mass is 462 g/mol. The fourth-order valence-corrected chi connectivity index (χ4v) is 4.79. The Labute approximate surface area is 215 Å². The van der Waals surface area contributed by atoms with Crippen molar-refractivity contribution in [2.45, 2.75) is 127 Å². The molecule has 1 aromatic carbocycles. The standard InChI is InChI=1S/C26H46O3S.Na.H/c1-2-3-4-5-6-7-8-9-10-11-12-13-14-15-16-17-18-22-25-29-30(27,28)26-23-20-19-21-24-26;;/h19-21,23-24H,2-18,22,25H2,1H3;;. The molecular weight excluding hydrogens is 415 g/mol. The molecule has 176 valence electrons. The van der Waals surface area contributed by atoms with Gasteiger partial charge in [0.1, 0.15) is 0 Å². The van der Waals surface area contributed by atoms with E-state index in [-0.39, 0.29) is 41.1 Å². The van der Waals surface area contributed by atoms with E-state index in [1.54, 1.807) is 30.3 Å². The quantitative estimate of drug-likeness (QED) is 0.106. The van der Waals surface area contributed by atoms with Gasteiger partial charge in [0.05, 0.1) is 11.5 Å². The van der Waals surface area contributed by atoms with Crippen molar-refractivity contribution in [1.29, 1.82) is 0 Å². The Bertz CT molecular complexity index is 590. The third kappa shape index (κ3) is 18.3. The molecule has 0 spiro atoms. The molecule has 0 saturated carbocycles. The van der Waals surface area contributed by atoms with Crippen LogP contribution in [0.3, 0.4) is 0 Å². The number of unbranched alkanes of at least 4 members (excludes halogenated alkanes) is 17. The van der Waals surface area contributed by atoms with Crippen LogP contribution in [-0.4, -0.2) is 44.6 Å². The first kappa shape index (κ1) is 31.1. The molecule has 0 aliphatic carbocycles. The van der Waals surface area contributed by atoms with E-state index in [2.05, 4.69) is 6.92 Å². The fraction of sp³-hybridized carbons (Fsp3) is 0.769. The minimum atomic E-state index is -3.58. The molecular formula is C26H47NaO3S. The Kier molecular flexibility index (Phi) is 22.0. The van der Waals surface area contributed by atoms with Crippen LogP contribution < -0.4 is 0 Å². The zero-order valence-electron chi connectivity index (χ0n) is 19.5. The average Bonchev–Trinajstić information content (AvgIpc) is 2.76. The topological polar surface area (TPSA) is 43.4 Å². The van der Waals surface area contributed by atoms with Crippen molar-refractivity contribution in [3.05, 3.63) is 30.3 Å². The summed E-state index contributed by atoms with van der Waals surface area (Å²) in [5, 5.41) is 0. The van der Waals surface area contributed by atoms with Crippen molar-refractivity contribution in [2.24, 2.45) is 0 Å². The van der Waals surface area contributed by atoms with Crippen LogP contribution in [0.15, 0.2) is 35.2 Å². The molecule has 0 aliphatic heterocycles. The summed E-state index contributed by atoms with van der Waals surface area (Å²) in [4.78, 5) is 0.243. The number of benzene rings is 1. The van der Waals surface area contributed by atoms with Gasteiger partial charge in [0.25, 0.3) is 10.1 Å². The van der Waals surface area contributed by atoms with Crippen LogP contribution in [0.2, 0.25) is 0 Å². The van der Waals surface area contributed by atoms with Crippen LogP contribution in [0.5, 0.6) is 0 Å². The van der Waals surface area contributed by atoms with Gasteiger partial charge in [-0.25, -0.2) is 0 Å². The zero-order chi connectivity index (χ0) is 21.8. The number of hydrogen-bond acceptors (Lipinski definition) is 3. The van der Waals surface area contributed by atoms with Gasteiger partial charge in [-0.1, -0.05) is 134 Å². The Morgan fingerprint density at radius 3 is 1.32 bits per heavy atom. The van der Waals surface area contributed by atoms with Gasteiger partial charge in [-0.05, 0) is 18.6 Å². The third-order valence-corrected chi connectivity index (χ3v) is 7.09. The Balaban J connectivity index is 0.00000900. The second kappa shape index (κ2) is 21.9. The predicted molar refractivity (Wildman–Crippen MR) is 136 cm³/mol. The van der Waals surface area contributed by atoms with Gasteiger partial charge >= 0.3 is 29.6 Å². The zero-order valence-corrected chi connectivity index (χ0v) is 20.3. The van der Waals surface area contributed by atoms with Crippen LogP contribution in [0.4, 0.5) is 0 Å². The third-order valence-electron chi connectivity index (χ3n) is 5.77. The van der Waals surface area contributed by atoms with Crippen molar-refractivity contribution in [1.82, 2.24) is 0 Å². The van der Waals surface area contributed by atoms with Gasteiger partial charge < -0.3 is 0 Å². The predicted octanol–water partition coefficient (Wildman–Crippen LogP) is 7.79. The van der Waals surface area contributed by atoms with Crippen molar-refractivity contribution in [3.8, 4) is 0 Å². The summed E-state index contributed by atoms with van der Waals surface area (Å²) in [6.07, 6.45) is 23.9. The number of rotatable bonds is 21. The van der Waals surface area contributed by atoms with E-state index in [1.807, 2.05) is 0 Å². The van der Waals surface area contributed by atoms with Gasteiger partial charge in [0.2, 0.25) is 0 Å². The maximum absolute atomic E-state index is 12.0. The minimum absolute atomic E-state index is 0. The van der Waals surface area contributed by atoms with Crippen LogP contribution in [0, 0.1) is 0 Å². The molecule has 0 fully saturated rings. The van der Waals surface area contributed by atoms with E-state index >= 15 is 0 Å². The maximum atomic E-state index is 12.0. The summed E-state index contributed by atoms with van der Waals surface area (Å²) < 4.78 is 29.1. The Hall–Kier alpha value is 0.130. The summed E-state index contributed by atoms with van der Waals surface area (Å²) in [6, 6.07) is 8.38. The second-order valence-corrected chi connectivity index (χ2v) is 10.2. The molecule has 0 radical (unpaired) electrons. The molecule has 0 bridgehead atoms. The van der Waals surface area contributed by atoms with E-state index in [0.717, 1.165) is 12.8 Å². The van der Waals surface area contributed by atoms with E-state index in [9.17, 15) is 8.42 Å². The Morgan fingerprint density at radius 2 is 0.935 bits per heavy atom. The van der Waals surface area contributed by atoms with Crippen LogP contribution in [0.1, 0.15) is 122 Å². The first-order chi connectivity index (χ1) is 14.7. The van der Waals surface area contributed by atoms with Crippen molar-refractivity contribution < 1.29 is 12.6 Å². The molecule has 0 amide bonds. The van der Waals surface area contributed by atoms with Gasteiger partial charge in [0.15, 0.2) is 0 Å². The molecule has 0 aliphatic rings. The molecule has 1 aromatic rings. The van der Waals surface area contributed by atoms with E-state index in [4.69, 9.17) is 4.18 Å². The molecule has 3 nitrogen and oxygen atoms in total. The molecule has 0 unspecified atom stereocenters. The van der Waals surface area contributed by atoms with Crippen LogP contribution in [-0.2, 0) is 14.3 Å². The second-order valence-electron chi connectivity index (χ2n) is 8.60. The van der Waals surface area contributed by atoms with E-state index in [1.165, 1.54) is 103 Å². The summed E-state index contributed by atoms with van der Waals surface area (Å²) in [7, 11) is -3.58. The average molecular weight is 463 g/mol. The molecule has 5 heteroatoms. The van der Waals surface area contributed by atoms with E-state index < -0.39 is 10.1 Å². The molecule has 31 heavy (non-hydrogen) atoms. The van der Waals surface area contributed by atoms with Gasteiger partial charge in [-0.15, -0.1) is 0 Å². The van der Waals surface area contributed by atoms with Gasteiger partial charge in [0, 0.05) is 0 Å². The summed E-state index contributed by atoms with van der Waals surface area (Å²) in [6.45, 7) is 2.57. The molecule has 0 saturated heterocycles. The molecule has 0 heterocycles. The molecule has 1 rings (SSSR count). The van der Waals surface area contributed by atoms with Crippen LogP contribution >= 0.6 is 0 Å². The molecule has 0 N–H and O–H groups in total. The van der Waals surface area contributed by atoms with Gasteiger partial charge in [-0.2, -0.15) is 8.42 Å². The van der Waals surface area contributed by atoms with Gasteiger partial charge in [-0.3, -0.25) is 4.18 Å². The van der Waals surface area contributed by atoms with Crippen molar-refractivity contribution in [3.63, 3.8) is 0 Å². The summed E-state index contributed by atoms with van der Waals surface area (Å²) in [5.41, 5.74) is 0. The fourth-order valence-electron chi connectivity index (χ4n) is 3.83. The number of hydrogen-bond donors (Lipinski definition) is 0. The molecule has 0 atom stereocenters. The molecule has 0 aromatic heterocycles. The Morgan fingerprint density at radius 1 is 0.581 bits per heavy atom. The first-order valence-electron chi connectivity index (χ1n) is 12.6. The first-order valence-corrected chi connectivity index (χ1v) is 14.0. The van der Waals surface area contributed by atoms with Crippen LogP contribution in [0.25, 0.3) is 0 Å². The van der Waals surface area contributed by atoms with E-state index in [0.29, 0.717) is 0 Å². The summed E-state index contributed by atoms with van der Waals surface area (Å²) >= 11 is 0. The SMILES string of the molecule is CCCCCCCCCCCCCCCCCCCCOS(=O)(=O)c1ccccc1.[NaH]. The normalized spacial score (nSPS) is 11.4. The van der Waals surface area contributed by atoms with Crippen molar-refractivity contribution in [2.75, 3.05) is 6.61 Å².